The lowest BCUT2D eigenvalue weighted by Gasteiger charge is -2.46. The molecule has 11 atom stereocenters. The molecule has 5 rings (SSSR count). The molecule has 0 aromatic heterocycles. The summed E-state index contributed by atoms with van der Waals surface area (Å²) in [6, 6.07) is -0.691. The fourth-order valence-corrected chi connectivity index (χ4v) is 9.05. The van der Waals surface area contributed by atoms with Gasteiger partial charge in [-0.05, 0) is 91.6 Å². The fraction of sp³-hybridized carbons (Fsp3) is 0.690. The van der Waals surface area contributed by atoms with Crippen molar-refractivity contribution in [3.05, 3.63) is 35.6 Å². The highest BCUT2D eigenvalue weighted by Crippen LogP contribution is 2.62. The lowest BCUT2D eigenvalue weighted by atomic mass is 9.63. The van der Waals surface area contributed by atoms with Crippen molar-refractivity contribution in [3.63, 3.8) is 0 Å². The number of aliphatic hydroxyl groups excluding tert-OH is 2. The first-order chi connectivity index (χ1) is 17.7. The molecule has 0 aromatic rings. The van der Waals surface area contributed by atoms with Gasteiger partial charge in [0.15, 0.2) is 5.78 Å². The zero-order valence-electron chi connectivity index (χ0n) is 21.6. The van der Waals surface area contributed by atoms with E-state index in [-0.39, 0.29) is 46.3 Å². The van der Waals surface area contributed by atoms with Crippen LogP contribution in [-0.2, 0) is 14.4 Å². The Morgan fingerprint density at radius 2 is 1.84 bits per heavy atom. The summed E-state index contributed by atoms with van der Waals surface area (Å²) in [5.41, 5.74) is -0.194. The van der Waals surface area contributed by atoms with Gasteiger partial charge in [-0.15, -0.1) is 11.6 Å². The maximum absolute atomic E-state index is 12.8. The summed E-state index contributed by atoms with van der Waals surface area (Å²) in [7, 11) is 0. The van der Waals surface area contributed by atoms with Crippen molar-refractivity contribution >= 4 is 29.2 Å². The molecule has 3 aliphatic carbocycles. The predicted octanol–water partition coefficient (Wildman–Crippen LogP) is 3.43. The first-order valence-electron chi connectivity index (χ1n) is 14.0. The quantitative estimate of drug-likeness (QED) is 0.306. The van der Waals surface area contributed by atoms with Crippen LogP contribution in [0, 0.1) is 47.3 Å². The van der Waals surface area contributed by atoms with E-state index >= 15 is 0 Å². The molecule has 7 nitrogen and oxygen atoms in total. The molecule has 4 fully saturated rings. The van der Waals surface area contributed by atoms with Crippen LogP contribution in [0.4, 0.5) is 0 Å². The molecule has 2 amide bonds. The zero-order valence-corrected chi connectivity index (χ0v) is 22.4. The summed E-state index contributed by atoms with van der Waals surface area (Å²) >= 11 is 7.00. The number of amides is 2. The summed E-state index contributed by atoms with van der Waals surface area (Å²) in [4.78, 5) is 37.7. The van der Waals surface area contributed by atoms with Crippen molar-refractivity contribution in [1.29, 1.82) is 0 Å². The van der Waals surface area contributed by atoms with Crippen LogP contribution in [0.2, 0.25) is 0 Å². The second-order valence-corrected chi connectivity index (χ2v) is 12.4. The van der Waals surface area contributed by atoms with Gasteiger partial charge in [-0.25, -0.2) is 0 Å². The first-order valence-corrected chi connectivity index (χ1v) is 14.4. The van der Waals surface area contributed by atoms with Crippen LogP contribution >= 0.6 is 11.6 Å². The van der Waals surface area contributed by atoms with E-state index in [2.05, 4.69) is 24.5 Å². The summed E-state index contributed by atoms with van der Waals surface area (Å²) in [6.07, 6.45) is 10.7. The lowest BCUT2D eigenvalue weighted by molar-refractivity contribution is -0.118. The monoisotopic (exact) mass is 530 g/mol. The van der Waals surface area contributed by atoms with E-state index in [1.165, 1.54) is 6.08 Å². The van der Waals surface area contributed by atoms with Gasteiger partial charge in [0.05, 0.1) is 17.5 Å². The van der Waals surface area contributed by atoms with E-state index in [9.17, 15) is 24.6 Å². The Morgan fingerprint density at radius 1 is 1.08 bits per heavy atom. The van der Waals surface area contributed by atoms with Crippen molar-refractivity contribution in [1.82, 2.24) is 10.6 Å². The van der Waals surface area contributed by atoms with Gasteiger partial charge < -0.3 is 20.8 Å². The minimum absolute atomic E-state index is 0.0108. The number of halogens is 1. The van der Waals surface area contributed by atoms with E-state index in [1.807, 2.05) is 12.2 Å². The number of Topliss-reactive ketones (excluding diaryl/α,β-unsaturated/α-hetero) is 1. The molecule has 2 heterocycles. The van der Waals surface area contributed by atoms with Gasteiger partial charge in [0.25, 0.3) is 5.91 Å². The average molecular weight is 531 g/mol. The number of hydrogen-bond acceptors (Lipinski definition) is 5. The van der Waals surface area contributed by atoms with Crippen molar-refractivity contribution in [2.45, 2.75) is 69.9 Å². The maximum atomic E-state index is 12.8. The van der Waals surface area contributed by atoms with E-state index < -0.39 is 23.8 Å². The van der Waals surface area contributed by atoms with E-state index in [0.717, 1.165) is 19.3 Å². The third-order valence-electron chi connectivity index (χ3n) is 10.1. The van der Waals surface area contributed by atoms with Crippen LogP contribution < -0.4 is 10.6 Å². The number of carbonyl (C=O) groups is 3. The molecule has 8 heteroatoms. The van der Waals surface area contributed by atoms with Crippen LogP contribution in [0.3, 0.4) is 0 Å². The Bertz CT molecular complexity index is 1040. The Labute approximate surface area is 223 Å². The van der Waals surface area contributed by atoms with E-state index in [4.69, 9.17) is 11.6 Å². The molecule has 4 N–H and O–H groups in total. The fourth-order valence-electron chi connectivity index (χ4n) is 8.51. The number of rotatable bonds is 1. The number of alkyl halides is 1. The summed E-state index contributed by atoms with van der Waals surface area (Å²) in [5, 5.41) is 27.5. The molecule has 1 saturated heterocycles. The normalized spacial score (nSPS) is 44.3. The van der Waals surface area contributed by atoms with Crippen molar-refractivity contribution in [2.24, 2.45) is 47.3 Å². The summed E-state index contributed by atoms with van der Waals surface area (Å²) in [6.45, 7) is 4.90. The number of fused-ring (bicyclic) bond motifs is 7. The zero-order chi connectivity index (χ0) is 26.4. The summed E-state index contributed by atoms with van der Waals surface area (Å²) < 4.78 is 0. The van der Waals surface area contributed by atoms with Gasteiger partial charge in [-0.1, -0.05) is 32.4 Å². The van der Waals surface area contributed by atoms with Gasteiger partial charge in [0.2, 0.25) is 5.91 Å². The van der Waals surface area contributed by atoms with Gasteiger partial charge >= 0.3 is 0 Å². The minimum Gasteiger partial charge on any atom is -0.507 e. The minimum atomic E-state index is -0.691. The van der Waals surface area contributed by atoms with Crippen molar-refractivity contribution in [2.75, 3.05) is 6.54 Å². The Morgan fingerprint density at radius 3 is 2.59 bits per heavy atom. The molecular formula is C29H39ClN2O5. The number of carbonyl (C=O) groups excluding carboxylic acids is 3. The predicted molar refractivity (Wildman–Crippen MR) is 140 cm³/mol. The van der Waals surface area contributed by atoms with Crippen LogP contribution in [0.5, 0.6) is 0 Å². The first kappa shape index (κ1) is 26.5. The number of hydrogen-bond donors (Lipinski definition) is 4. The second kappa shape index (κ2) is 10.6. The molecule has 2 bridgehead atoms. The molecule has 0 aromatic carbocycles. The third-order valence-corrected chi connectivity index (χ3v) is 10.6. The van der Waals surface area contributed by atoms with Crippen LogP contribution in [0.1, 0.15) is 52.4 Å². The molecule has 0 spiro atoms. The summed E-state index contributed by atoms with van der Waals surface area (Å²) in [5.74, 6) is 0.670. The number of aliphatic hydroxyl groups is 2. The lowest BCUT2D eigenvalue weighted by Crippen LogP contribution is -2.50. The highest BCUT2D eigenvalue weighted by atomic mass is 35.5. The molecule has 11 unspecified atom stereocenters. The number of ketones is 1. The molecular weight excluding hydrogens is 492 g/mol. The van der Waals surface area contributed by atoms with Gasteiger partial charge in [0.1, 0.15) is 11.3 Å². The molecule has 202 valence electrons. The van der Waals surface area contributed by atoms with Crippen LogP contribution in [0.15, 0.2) is 35.6 Å². The van der Waals surface area contributed by atoms with Crippen molar-refractivity contribution < 1.29 is 24.6 Å². The Balaban J connectivity index is 1.49. The third kappa shape index (κ3) is 4.67. The molecule has 0 radical (unpaired) electrons. The Kier molecular flexibility index (Phi) is 7.56. The van der Waals surface area contributed by atoms with Crippen LogP contribution in [-0.4, -0.2) is 51.9 Å². The number of allylic oxidation sites excluding steroid dienone is 3. The molecule has 5 aliphatic rings. The number of nitrogens with one attached hydrogen (secondary N) is 2. The second-order valence-electron chi connectivity index (χ2n) is 11.8. The van der Waals surface area contributed by atoms with Gasteiger partial charge in [-0.2, -0.15) is 0 Å². The standard InChI is InChI=1S/C29H39ClN2O5/c1-3-16-14(2)12-18-19-13-15-9-10-21(33)25-27(35)20(32-29(25)37)7-5-11-31-22(34)8-4-6-17(15)24(19)28(36)26(30)23(16)18/h4,8-10,14-20,23-24,26,28,33,36H,3,5-7,11-13H2,1-2H3,(H,31,34)(H,32,37). The van der Waals surface area contributed by atoms with E-state index in [0.29, 0.717) is 49.5 Å². The topological polar surface area (TPSA) is 116 Å². The van der Waals surface area contributed by atoms with Crippen LogP contribution in [0.25, 0.3) is 0 Å². The average Bonchev–Trinajstić information content (AvgIpc) is 3.48. The molecule has 37 heavy (non-hydrogen) atoms. The van der Waals surface area contributed by atoms with Crippen molar-refractivity contribution in [3.8, 4) is 0 Å². The maximum Gasteiger partial charge on any atom is 0.259 e. The highest BCUT2D eigenvalue weighted by Gasteiger charge is 2.60. The van der Waals surface area contributed by atoms with Gasteiger partial charge in [0, 0.05) is 6.54 Å². The highest BCUT2D eigenvalue weighted by molar-refractivity contribution is 6.27. The largest absolute Gasteiger partial charge is 0.507 e. The van der Waals surface area contributed by atoms with E-state index in [1.54, 1.807) is 6.08 Å². The molecule has 2 aliphatic heterocycles. The Hall–Kier alpha value is -2.12. The smallest absolute Gasteiger partial charge is 0.259 e. The SMILES string of the molecule is CCC1C(C)CC2C3CC4C=CC(O)=C5C(=O)NC(CCCNC(=O)C=CCC4C3C(O)C(Cl)C12)C5=O. The van der Waals surface area contributed by atoms with Gasteiger partial charge in [-0.3, -0.25) is 14.4 Å². The molecule has 3 saturated carbocycles.